The minimum atomic E-state index is -0.0272. The lowest BCUT2D eigenvalue weighted by Gasteiger charge is -2.14. The Kier molecular flexibility index (Phi) is 4.21. The molecule has 0 aliphatic heterocycles. The van der Waals surface area contributed by atoms with Crippen LogP contribution in [-0.4, -0.2) is 11.9 Å². The highest BCUT2D eigenvalue weighted by Gasteiger charge is 2.23. The monoisotopic (exact) mass is 314 g/mol. The molecule has 0 unspecified atom stereocenters. The van der Waals surface area contributed by atoms with Gasteiger partial charge in [0.2, 0.25) is 0 Å². The van der Waals surface area contributed by atoms with Crippen molar-refractivity contribution in [3.63, 3.8) is 0 Å². The highest BCUT2D eigenvalue weighted by molar-refractivity contribution is 7.15. The maximum Gasteiger partial charge on any atom is 0.255 e. The molecule has 3 nitrogen and oxygen atoms in total. The summed E-state index contributed by atoms with van der Waals surface area (Å²) in [4.78, 5) is 12.7. The molecule has 0 radical (unpaired) electrons. The number of carbonyl (C=O) groups is 1. The number of carbonyl (C=O) groups excluding carboxylic acids is 1. The highest BCUT2D eigenvalue weighted by atomic mass is 32.1. The third-order valence-corrected chi connectivity index (χ3v) is 5.22. The van der Waals surface area contributed by atoms with Crippen molar-refractivity contribution in [3.05, 3.63) is 40.3 Å². The van der Waals surface area contributed by atoms with E-state index in [-0.39, 0.29) is 5.91 Å². The summed E-state index contributed by atoms with van der Waals surface area (Å²) < 4.78 is 0. The fraction of sp³-hybridized carbons (Fsp3) is 0.389. The third kappa shape index (κ3) is 2.88. The van der Waals surface area contributed by atoms with Gasteiger partial charge in [-0.1, -0.05) is 36.6 Å². The van der Waals surface area contributed by atoms with E-state index >= 15 is 0 Å². The summed E-state index contributed by atoms with van der Waals surface area (Å²) in [5.41, 5.74) is 11.2. The number of hydrogen-bond acceptors (Lipinski definition) is 3. The van der Waals surface area contributed by atoms with Gasteiger partial charge in [0.25, 0.3) is 5.91 Å². The zero-order valence-electron chi connectivity index (χ0n) is 13.1. The lowest BCUT2D eigenvalue weighted by Crippen LogP contribution is -2.33. The zero-order valence-corrected chi connectivity index (χ0v) is 13.9. The van der Waals surface area contributed by atoms with Crippen molar-refractivity contribution in [3.8, 4) is 11.1 Å². The van der Waals surface area contributed by atoms with Crippen LogP contribution in [0.5, 0.6) is 0 Å². The minimum absolute atomic E-state index is 0.0272. The van der Waals surface area contributed by atoms with E-state index in [2.05, 4.69) is 37.4 Å². The molecule has 4 heteroatoms. The molecule has 22 heavy (non-hydrogen) atoms. The van der Waals surface area contributed by atoms with Crippen LogP contribution in [0.15, 0.2) is 23.6 Å². The number of benzene rings is 1. The molecule has 1 heterocycles. The minimum Gasteiger partial charge on any atom is -0.390 e. The summed E-state index contributed by atoms with van der Waals surface area (Å²) in [7, 11) is 0. The Balaban J connectivity index is 1.94. The van der Waals surface area contributed by atoms with Crippen LogP contribution in [0.4, 0.5) is 5.00 Å². The fourth-order valence-corrected chi connectivity index (χ4v) is 4.06. The number of nitrogens with one attached hydrogen (secondary N) is 1. The average Bonchev–Trinajstić information content (AvgIpc) is 3.08. The second-order valence-corrected chi connectivity index (χ2v) is 7.07. The number of rotatable bonds is 3. The Hall–Kier alpha value is -1.81. The molecule has 0 saturated heterocycles. The molecule has 0 bridgehead atoms. The predicted octanol–water partition coefficient (Wildman–Crippen LogP) is 4.29. The Morgan fingerprint density at radius 2 is 1.95 bits per heavy atom. The van der Waals surface area contributed by atoms with Crippen LogP contribution in [0.25, 0.3) is 11.1 Å². The van der Waals surface area contributed by atoms with E-state index in [0.29, 0.717) is 16.6 Å². The first kappa shape index (κ1) is 15.1. The summed E-state index contributed by atoms with van der Waals surface area (Å²) in [6.07, 6.45) is 4.56. The molecule has 2 aromatic rings. The van der Waals surface area contributed by atoms with Crippen molar-refractivity contribution < 1.29 is 4.79 Å². The maximum absolute atomic E-state index is 12.7. The van der Waals surface area contributed by atoms with Gasteiger partial charge in [-0.25, -0.2) is 0 Å². The topological polar surface area (TPSA) is 55.1 Å². The van der Waals surface area contributed by atoms with Crippen LogP contribution in [0.2, 0.25) is 0 Å². The molecule has 116 valence electrons. The van der Waals surface area contributed by atoms with Gasteiger partial charge in [-0.05, 0) is 37.8 Å². The van der Waals surface area contributed by atoms with E-state index in [1.807, 2.05) is 5.38 Å². The SMILES string of the molecule is Cc1ccc(-c2csc(N)c2C(=O)NC2CCCC2)c(C)c1. The number of nitrogen functional groups attached to an aromatic ring is 1. The smallest absolute Gasteiger partial charge is 0.255 e. The molecular weight excluding hydrogens is 292 g/mol. The van der Waals surface area contributed by atoms with Crippen molar-refractivity contribution >= 4 is 22.2 Å². The molecule has 0 spiro atoms. The van der Waals surface area contributed by atoms with Crippen molar-refractivity contribution in [2.24, 2.45) is 0 Å². The third-order valence-electron chi connectivity index (χ3n) is 4.41. The van der Waals surface area contributed by atoms with Crippen LogP contribution < -0.4 is 11.1 Å². The number of aryl methyl sites for hydroxylation is 2. The van der Waals surface area contributed by atoms with E-state index in [4.69, 9.17) is 5.73 Å². The molecular formula is C18H22N2OS. The van der Waals surface area contributed by atoms with Gasteiger partial charge in [0.1, 0.15) is 0 Å². The van der Waals surface area contributed by atoms with Gasteiger partial charge in [-0.3, -0.25) is 4.79 Å². The van der Waals surface area contributed by atoms with Gasteiger partial charge in [-0.15, -0.1) is 11.3 Å². The van der Waals surface area contributed by atoms with Crippen molar-refractivity contribution in [2.75, 3.05) is 5.73 Å². The summed E-state index contributed by atoms with van der Waals surface area (Å²) >= 11 is 1.44. The lowest BCUT2D eigenvalue weighted by molar-refractivity contribution is 0.0940. The normalized spacial score (nSPS) is 15.2. The Bertz CT molecular complexity index is 699. The average molecular weight is 314 g/mol. The second-order valence-electron chi connectivity index (χ2n) is 6.16. The Morgan fingerprint density at radius 3 is 2.64 bits per heavy atom. The number of nitrogens with two attached hydrogens (primary N) is 1. The first-order valence-corrected chi connectivity index (χ1v) is 8.69. The molecule has 0 atom stereocenters. The van der Waals surface area contributed by atoms with Crippen LogP contribution in [0.1, 0.15) is 47.2 Å². The lowest BCUT2D eigenvalue weighted by atomic mass is 9.97. The van der Waals surface area contributed by atoms with Gasteiger partial charge in [-0.2, -0.15) is 0 Å². The molecule has 1 amide bonds. The van der Waals surface area contributed by atoms with Crippen molar-refractivity contribution in [1.29, 1.82) is 0 Å². The van der Waals surface area contributed by atoms with Crippen LogP contribution in [0, 0.1) is 13.8 Å². The summed E-state index contributed by atoms with van der Waals surface area (Å²) in [6.45, 7) is 4.15. The van der Waals surface area contributed by atoms with Gasteiger partial charge in [0, 0.05) is 17.0 Å². The second kappa shape index (κ2) is 6.13. The molecule has 1 aliphatic rings. The quantitative estimate of drug-likeness (QED) is 0.888. The molecule has 1 aromatic heterocycles. The van der Waals surface area contributed by atoms with Crippen LogP contribution in [-0.2, 0) is 0 Å². The van der Waals surface area contributed by atoms with Crippen molar-refractivity contribution in [1.82, 2.24) is 5.32 Å². The summed E-state index contributed by atoms with van der Waals surface area (Å²) in [5.74, 6) is -0.0272. The first-order chi connectivity index (χ1) is 10.6. The molecule has 1 saturated carbocycles. The van der Waals surface area contributed by atoms with Gasteiger partial charge >= 0.3 is 0 Å². The molecule has 1 aliphatic carbocycles. The molecule has 1 aromatic carbocycles. The number of amides is 1. The van der Waals surface area contributed by atoms with Crippen molar-refractivity contribution in [2.45, 2.75) is 45.6 Å². The fourth-order valence-electron chi connectivity index (χ4n) is 3.25. The zero-order chi connectivity index (χ0) is 15.7. The van der Waals surface area contributed by atoms with E-state index in [0.717, 1.165) is 24.0 Å². The van der Waals surface area contributed by atoms with Crippen LogP contribution >= 0.6 is 11.3 Å². The number of anilines is 1. The van der Waals surface area contributed by atoms with E-state index in [1.165, 1.54) is 35.3 Å². The maximum atomic E-state index is 12.7. The standard InChI is InChI=1S/C18H22N2OS/c1-11-7-8-14(12(2)9-11)15-10-22-17(19)16(15)18(21)20-13-5-3-4-6-13/h7-10,13H,3-6,19H2,1-2H3,(H,20,21). The summed E-state index contributed by atoms with van der Waals surface area (Å²) in [6, 6.07) is 6.61. The largest absolute Gasteiger partial charge is 0.390 e. The van der Waals surface area contributed by atoms with Gasteiger partial charge < -0.3 is 11.1 Å². The van der Waals surface area contributed by atoms with E-state index in [9.17, 15) is 4.79 Å². The van der Waals surface area contributed by atoms with Crippen LogP contribution in [0.3, 0.4) is 0 Å². The highest BCUT2D eigenvalue weighted by Crippen LogP contribution is 2.35. The Labute approximate surface area is 135 Å². The molecule has 1 fully saturated rings. The van der Waals surface area contributed by atoms with Gasteiger partial charge in [0.15, 0.2) is 0 Å². The summed E-state index contributed by atoms with van der Waals surface area (Å²) in [5, 5.41) is 5.75. The molecule has 3 N–H and O–H groups in total. The van der Waals surface area contributed by atoms with Gasteiger partial charge in [0.05, 0.1) is 10.6 Å². The Morgan fingerprint density at radius 1 is 1.23 bits per heavy atom. The van der Waals surface area contributed by atoms with E-state index in [1.54, 1.807) is 0 Å². The first-order valence-electron chi connectivity index (χ1n) is 7.81. The molecule has 3 rings (SSSR count). The number of thiophene rings is 1. The predicted molar refractivity (Wildman–Crippen MR) is 93.4 cm³/mol. The van der Waals surface area contributed by atoms with E-state index < -0.39 is 0 Å². The number of hydrogen-bond donors (Lipinski definition) is 2.